The van der Waals surface area contributed by atoms with E-state index in [1.807, 2.05) is 16.8 Å². The van der Waals surface area contributed by atoms with Crippen molar-refractivity contribution < 1.29 is 4.74 Å². The lowest BCUT2D eigenvalue weighted by Crippen LogP contribution is -2.29. The molecule has 3 aromatic rings. The Morgan fingerprint density at radius 3 is 2.79 bits per heavy atom. The van der Waals surface area contributed by atoms with Crippen LogP contribution in [0.4, 0.5) is 0 Å². The molecular weight excluding hydrogens is 320 g/mol. The number of ether oxygens (including phenoxy) is 1. The average molecular weight is 342 g/mol. The van der Waals surface area contributed by atoms with Crippen LogP contribution in [-0.4, -0.2) is 38.8 Å². The molecule has 126 valence electrons. The summed E-state index contributed by atoms with van der Waals surface area (Å²) in [5.41, 5.74) is 3.14. The van der Waals surface area contributed by atoms with Gasteiger partial charge in [-0.05, 0) is 62.3 Å². The van der Waals surface area contributed by atoms with Crippen LogP contribution in [0.3, 0.4) is 0 Å². The van der Waals surface area contributed by atoms with Crippen LogP contribution < -0.4 is 4.74 Å². The topological polar surface area (TPSA) is 34.7 Å². The van der Waals surface area contributed by atoms with Gasteiger partial charge in [0.2, 0.25) is 4.77 Å². The average Bonchev–Trinajstić information content (AvgIpc) is 3.38. The first-order chi connectivity index (χ1) is 11.6. The minimum atomic E-state index is 0.695. The van der Waals surface area contributed by atoms with Gasteiger partial charge in [0.25, 0.3) is 0 Å². The molecule has 0 aliphatic heterocycles. The number of fused-ring (bicyclic) bond motifs is 3. The van der Waals surface area contributed by atoms with E-state index in [0.717, 1.165) is 34.9 Å². The van der Waals surface area contributed by atoms with Gasteiger partial charge in [0, 0.05) is 17.5 Å². The summed E-state index contributed by atoms with van der Waals surface area (Å²) < 4.78 is 10.1. The minimum Gasteiger partial charge on any atom is -0.497 e. The first kappa shape index (κ1) is 15.6. The second kappa shape index (κ2) is 5.86. The van der Waals surface area contributed by atoms with E-state index in [0.29, 0.717) is 6.04 Å². The van der Waals surface area contributed by atoms with E-state index in [4.69, 9.17) is 22.1 Å². The van der Waals surface area contributed by atoms with Crippen LogP contribution in [0, 0.1) is 11.7 Å². The summed E-state index contributed by atoms with van der Waals surface area (Å²) in [4.78, 5) is 2.44. The maximum Gasteiger partial charge on any atom is 0.204 e. The van der Waals surface area contributed by atoms with Gasteiger partial charge in [-0.2, -0.15) is 5.10 Å². The fraction of sp³-hybridized carbons (Fsp3) is 0.444. The van der Waals surface area contributed by atoms with E-state index in [1.165, 1.54) is 23.8 Å². The van der Waals surface area contributed by atoms with Crippen molar-refractivity contribution in [3.05, 3.63) is 34.6 Å². The second-order valence-corrected chi connectivity index (χ2v) is 6.83. The third-order valence-corrected chi connectivity index (χ3v) is 5.26. The van der Waals surface area contributed by atoms with Crippen LogP contribution in [0.15, 0.2) is 24.3 Å². The van der Waals surface area contributed by atoms with Crippen molar-refractivity contribution in [2.24, 2.45) is 0 Å². The first-order valence-corrected chi connectivity index (χ1v) is 8.84. The van der Waals surface area contributed by atoms with E-state index in [9.17, 15) is 0 Å². The molecule has 0 saturated heterocycles. The molecule has 2 heterocycles. The Morgan fingerprint density at radius 1 is 1.33 bits per heavy atom. The van der Waals surface area contributed by atoms with E-state index >= 15 is 0 Å². The van der Waals surface area contributed by atoms with Gasteiger partial charge < -0.3 is 4.74 Å². The fourth-order valence-electron chi connectivity index (χ4n) is 3.35. The summed E-state index contributed by atoms with van der Waals surface area (Å²) in [5, 5.41) is 5.94. The third kappa shape index (κ3) is 2.50. The Morgan fingerprint density at radius 2 is 2.12 bits per heavy atom. The molecular formula is C18H22N4OS. The molecule has 1 aliphatic carbocycles. The maximum absolute atomic E-state index is 5.75. The van der Waals surface area contributed by atoms with E-state index < -0.39 is 0 Å². The highest BCUT2D eigenvalue weighted by Gasteiger charge is 2.28. The summed E-state index contributed by atoms with van der Waals surface area (Å²) >= 11 is 5.75. The molecule has 6 heteroatoms. The number of pyridine rings is 1. The van der Waals surface area contributed by atoms with Crippen molar-refractivity contribution in [1.82, 2.24) is 19.1 Å². The van der Waals surface area contributed by atoms with Crippen molar-refractivity contribution in [1.29, 1.82) is 0 Å². The van der Waals surface area contributed by atoms with Gasteiger partial charge in [-0.1, -0.05) is 6.92 Å². The standard InChI is InChI=1S/C18H22N4OS/c1-4-20(13-5-6-13)11-21-18(24)22-16-10-14(23-3)7-8-15(16)12(2)9-17(22)19-21/h7-10,13H,4-6,11H2,1-3H3. The highest BCUT2D eigenvalue weighted by Crippen LogP contribution is 2.28. The molecule has 0 atom stereocenters. The van der Waals surface area contributed by atoms with Crippen molar-refractivity contribution in [3.63, 3.8) is 0 Å². The molecule has 24 heavy (non-hydrogen) atoms. The molecule has 0 amide bonds. The van der Waals surface area contributed by atoms with E-state index in [-0.39, 0.29) is 0 Å². The van der Waals surface area contributed by atoms with Gasteiger partial charge in [0.15, 0.2) is 5.65 Å². The SMILES string of the molecule is CCN(Cn1nc2cc(C)c3ccc(OC)cc3n2c1=S)C1CC1. The molecule has 0 unspecified atom stereocenters. The molecule has 1 aliphatic rings. The predicted octanol–water partition coefficient (Wildman–Crippen LogP) is 3.78. The molecule has 5 nitrogen and oxygen atoms in total. The van der Waals surface area contributed by atoms with E-state index in [2.05, 4.69) is 35.3 Å². The third-order valence-electron chi connectivity index (χ3n) is 4.87. The maximum atomic E-state index is 5.75. The number of hydrogen-bond acceptors (Lipinski definition) is 4. The molecule has 4 rings (SSSR count). The number of methoxy groups -OCH3 is 1. The quantitative estimate of drug-likeness (QED) is 0.661. The molecule has 0 N–H and O–H groups in total. The number of nitrogens with zero attached hydrogens (tertiary/aromatic N) is 4. The smallest absolute Gasteiger partial charge is 0.204 e. The van der Waals surface area contributed by atoms with Gasteiger partial charge in [0.05, 0.1) is 19.3 Å². The molecule has 1 fully saturated rings. The summed E-state index contributed by atoms with van der Waals surface area (Å²) in [5.74, 6) is 0.831. The zero-order chi connectivity index (χ0) is 16.8. The summed E-state index contributed by atoms with van der Waals surface area (Å²) in [6, 6.07) is 8.91. The molecule has 2 aromatic heterocycles. The summed E-state index contributed by atoms with van der Waals surface area (Å²) in [6.45, 7) is 6.08. The Hall–Kier alpha value is -1.92. The minimum absolute atomic E-state index is 0.695. The lowest BCUT2D eigenvalue weighted by Gasteiger charge is -2.18. The van der Waals surface area contributed by atoms with Crippen molar-refractivity contribution in [2.75, 3.05) is 13.7 Å². The van der Waals surface area contributed by atoms with Gasteiger partial charge in [-0.15, -0.1) is 0 Å². The molecule has 0 bridgehead atoms. The molecule has 1 aromatic carbocycles. The Balaban J connectivity index is 1.90. The number of hydrogen-bond donors (Lipinski definition) is 0. The molecule has 1 saturated carbocycles. The second-order valence-electron chi connectivity index (χ2n) is 6.46. The Kier molecular flexibility index (Phi) is 3.81. The highest BCUT2D eigenvalue weighted by atomic mass is 32.1. The van der Waals surface area contributed by atoms with Crippen LogP contribution in [0.2, 0.25) is 0 Å². The highest BCUT2D eigenvalue weighted by molar-refractivity contribution is 7.71. The van der Waals surface area contributed by atoms with Crippen LogP contribution in [0.25, 0.3) is 16.6 Å². The van der Waals surface area contributed by atoms with Crippen molar-refractivity contribution >= 4 is 28.8 Å². The van der Waals surface area contributed by atoms with Crippen molar-refractivity contribution in [3.8, 4) is 5.75 Å². The first-order valence-electron chi connectivity index (χ1n) is 8.43. The van der Waals surface area contributed by atoms with Gasteiger partial charge in [-0.3, -0.25) is 9.30 Å². The number of aryl methyl sites for hydroxylation is 1. The molecule has 0 radical (unpaired) electrons. The zero-order valence-electron chi connectivity index (χ0n) is 14.3. The predicted molar refractivity (Wildman–Crippen MR) is 98.2 cm³/mol. The lowest BCUT2D eigenvalue weighted by atomic mass is 10.1. The van der Waals surface area contributed by atoms with Crippen LogP contribution in [0.5, 0.6) is 5.75 Å². The van der Waals surface area contributed by atoms with Gasteiger partial charge in [0.1, 0.15) is 5.75 Å². The fourth-order valence-corrected chi connectivity index (χ4v) is 3.64. The van der Waals surface area contributed by atoms with Crippen LogP contribution in [0.1, 0.15) is 25.3 Å². The zero-order valence-corrected chi connectivity index (χ0v) is 15.1. The van der Waals surface area contributed by atoms with Gasteiger partial charge >= 0.3 is 0 Å². The monoisotopic (exact) mass is 342 g/mol. The summed E-state index contributed by atoms with van der Waals surface area (Å²) in [6.07, 6.45) is 2.57. The number of benzene rings is 1. The largest absolute Gasteiger partial charge is 0.497 e. The van der Waals surface area contributed by atoms with Crippen LogP contribution in [-0.2, 0) is 6.67 Å². The van der Waals surface area contributed by atoms with Gasteiger partial charge in [-0.25, -0.2) is 4.68 Å². The van der Waals surface area contributed by atoms with Crippen molar-refractivity contribution in [2.45, 2.75) is 39.4 Å². The molecule has 0 spiro atoms. The normalized spacial score (nSPS) is 14.8. The summed E-state index contributed by atoms with van der Waals surface area (Å²) in [7, 11) is 1.69. The van der Waals surface area contributed by atoms with Crippen LogP contribution >= 0.6 is 12.2 Å². The number of aromatic nitrogens is 3. The Labute approximate surface area is 146 Å². The Bertz CT molecular complexity index is 970. The van der Waals surface area contributed by atoms with E-state index in [1.54, 1.807) is 7.11 Å². The number of rotatable bonds is 5. The lowest BCUT2D eigenvalue weighted by molar-refractivity contribution is 0.206.